The Labute approximate surface area is 139 Å². The molecular weight excluding hydrogens is 284 g/mol. The van der Waals surface area contributed by atoms with Crippen molar-refractivity contribution >= 4 is 12.2 Å². The number of hydrogen-bond acceptors (Lipinski definition) is 2. The zero-order valence-corrected chi connectivity index (χ0v) is 14.6. The van der Waals surface area contributed by atoms with Gasteiger partial charge in [0.2, 0.25) is 0 Å². The first-order valence-electron chi connectivity index (χ1n) is 8.11. The summed E-state index contributed by atoms with van der Waals surface area (Å²) in [6, 6.07) is 12.1. The van der Waals surface area contributed by atoms with E-state index in [1.165, 1.54) is 0 Å². The van der Waals surface area contributed by atoms with Gasteiger partial charge in [0.05, 0.1) is 7.11 Å². The number of aromatic hydroxyl groups is 1. The molecule has 2 aromatic rings. The van der Waals surface area contributed by atoms with Gasteiger partial charge in [-0.3, -0.25) is 0 Å². The van der Waals surface area contributed by atoms with Crippen molar-refractivity contribution in [2.24, 2.45) is 0 Å². The number of rotatable bonds is 5. The lowest BCUT2D eigenvalue weighted by Gasteiger charge is -2.16. The average Bonchev–Trinajstić information content (AvgIpc) is 2.53. The minimum Gasteiger partial charge on any atom is -0.507 e. The molecule has 2 nitrogen and oxygen atoms in total. The Bertz CT molecular complexity index is 650. The molecule has 0 aromatic heterocycles. The summed E-state index contributed by atoms with van der Waals surface area (Å²) in [7, 11) is 1.67. The van der Waals surface area contributed by atoms with Crippen molar-refractivity contribution in [2.45, 2.75) is 39.5 Å². The second-order valence-corrected chi connectivity index (χ2v) is 6.46. The fourth-order valence-corrected chi connectivity index (χ4v) is 2.59. The third-order valence-corrected chi connectivity index (χ3v) is 4.02. The van der Waals surface area contributed by atoms with Gasteiger partial charge in [-0.1, -0.05) is 52.0 Å². The molecule has 0 spiro atoms. The third-order valence-electron chi connectivity index (χ3n) is 4.02. The largest absolute Gasteiger partial charge is 0.507 e. The van der Waals surface area contributed by atoms with Crippen LogP contribution in [0.2, 0.25) is 0 Å². The van der Waals surface area contributed by atoms with Crippen LogP contribution < -0.4 is 4.74 Å². The van der Waals surface area contributed by atoms with Crippen LogP contribution in [0.3, 0.4) is 0 Å². The fourth-order valence-electron chi connectivity index (χ4n) is 2.59. The van der Waals surface area contributed by atoms with Crippen molar-refractivity contribution in [3.63, 3.8) is 0 Å². The van der Waals surface area contributed by atoms with Gasteiger partial charge in [-0.05, 0) is 58.4 Å². The molecule has 0 aliphatic carbocycles. The molecule has 0 fully saturated rings. The molecule has 0 aliphatic heterocycles. The number of phenolic OH excluding ortho intramolecular Hbond substituents is 1. The SMILES string of the molecule is COc1ccc(/C=C/c2cc(C(C)C)c(O)c(C(C)C)c2)cc1. The quantitative estimate of drug-likeness (QED) is 0.705. The number of ether oxygens (including phenoxy) is 1. The highest BCUT2D eigenvalue weighted by atomic mass is 16.5. The number of hydrogen-bond donors (Lipinski definition) is 1. The second kappa shape index (κ2) is 7.36. The number of methoxy groups -OCH3 is 1. The van der Waals surface area contributed by atoms with Gasteiger partial charge < -0.3 is 9.84 Å². The topological polar surface area (TPSA) is 29.5 Å². The lowest BCUT2D eigenvalue weighted by Crippen LogP contribution is -1.96. The van der Waals surface area contributed by atoms with Gasteiger partial charge in [0.1, 0.15) is 11.5 Å². The summed E-state index contributed by atoms with van der Waals surface area (Å²) < 4.78 is 5.18. The van der Waals surface area contributed by atoms with Gasteiger partial charge in [-0.25, -0.2) is 0 Å². The highest BCUT2D eigenvalue weighted by molar-refractivity contribution is 5.71. The zero-order valence-electron chi connectivity index (χ0n) is 14.6. The Morgan fingerprint density at radius 3 is 1.74 bits per heavy atom. The van der Waals surface area contributed by atoms with E-state index in [0.717, 1.165) is 28.0 Å². The van der Waals surface area contributed by atoms with E-state index in [0.29, 0.717) is 17.6 Å². The molecule has 2 aromatic carbocycles. The van der Waals surface area contributed by atoms with Crippen molar-refractivity contribution in [1.29, 1.82) is 0 Å². The fraction of sp³-hybridized carbons (Fsp3) is 0.333. The Morgan fingerprint density at radius 2 is 1.30 bits per heavy atom. The van der Waals surface area contributed by atoms with E-state index in [-0.39, 0.29) is 0 Å². The maximum absolute atomic E-state index is 10.5. The van der Waals surface area contributed by atoms with Crippen molar-refractivity contribution in [2.75, 3.05) is 7.11 Å². The van der Waals surface area contributed by atoms with E-state index in [1.807, 2.05) is 24.3 Å². The normalized spacial score (nSPS) is 11.6. The molecule has 0 heterocycles. The predicted octanol–water partition coefficient (Wildman–Crippen LogP) is 5.82. The molecule has 0 radical (unpaired) electrons. The van der Waals surface area contributed by atoms with Gasteiger partial charge in [0.15, 0.2) is 0 Å². The summed E-state index contributed by atoms with van der Waals surface area (Å²) in [5.41, 5.74) is 4.25. The van der Waals surface area contributed by atoms with Crippen LogP contribution >= 0.6 is 0 Å². The van der Waals surface area contributed by atoms with E-state index < -0.39 is 0 Å². The molecule has 0 saturated heterocycles. The molecule has 1 N–H and O–H groups in total. The third kappa shape index (κ3) is 4.16. The van der Waals surface area contributed by atoms with E-state index in [2.05, 4.69) is 52.0 Å². The minimum absolute atomic E-state index is 0.293. The van der Waals surface area contributed by atoms with Crippen molar-refractivity contribution < 1.29 is 9.84 Å². The second-order valence-electron chi connectivity index (χ2n) is 6.46. The van der Waals surface area contributed by atoms with Crippen molar-refractivity contribution in [3.05, 3.63) is 58.7 Å². The number of benzene rings is 2. The predicted molar refractivity (Wildman–Crippen MR) is 98.2 cm³/mol. The van der Waals surface area contributed by atoms with Gasteiger partial charge in [-0.2, -0.15) is 0 Å². The Kier molecular flexibility index (Phi) is 5.49. The molecule has 0 bridgehead atoms. The molecule has 23 heavy (non-hydrogen) atoms. The van der Waals surface area contributed by atoms with Gasteiger partial charge in [0, 0.05) is 0 Å². The highest BCUT2D eigenvalue weighted by Crippen LogP contribution is 2.35. The Morgan fingerprint density at radius 1 is 0.826 bits per heavy atom. The van der Waals surface area contributed by atoms with Crippen LogP contribution in [0.4, 0.5) is 0 Å². The first-order valence-corrected chi connectivity index (χ1v) is 8.11. The van der Waals surface area contributed by atoms with Crippen LogP contribution in [0, 0.1) is 0 Å². The smallest absolute Gasteiger partial charge is 0.122 e. The van der Waals surface area contributed by atoms with Crippen LogP contribution in [0.1, 0.15) is 61.8 Å². The average molecular weight is 310 g/mol. The molecule has 0 amide bonds. The summed E-state index contributed by atoms with van der Waals surface area (Å²) in [6.07, 6.45) is 4.18. The molecular formula is C21H26O2. The number of phenols is 1. The molecule has 2 heteroatoms. The van der Waals surface area contributed by atoms with Crippen LogP contribution in [0.25, 0.3) is 12.2 Å². The molecule has 2 rings (SSSR count). The Hall–Kier alpha value is -2.22. The lowest BCUT2D eigenvalue weighted by atomic mass is 9.91. The van der Waals surface area contributed by atoms with E-state index in [1.54, 1.807) is 7.11 Å². The first-order chi connectivity index (χ1) is 10.9. The van der Waals surface area contributed by atoms with Crippen LogP contribution in [0.5, 0.6) is 11.5 Å². The summed E-state index contributed by atoms with van der Waals surface area (Å²) >= 11 is 0. The summed E-state index contributed by atoms with van der Waals surface area (Å²) in [6.45, 7) is 8.43. The summed E-state index contributed by atoms with van der Waals surface area (Å²) in [5, 5.41) is 10.5. The van der Waals surface area contributed by atoms with Gasteiger partial charge in [-0.15, -0.1) is 0 Å². The van der Waals surface area contributed by atoms with Crippen molar-refractivity contribution in [1.82, 2.24) is 0 Å². The molecule has 122 valence electrons. The standard InChI is InChI=1S/C21H26O2/c1-14(2)19-12-17(13-20(15(3)4)21(19)22)7-6-16-8-10-18(23-5)11-9-16/h6-15,22H,1-5H3/b7-6+. The highest BCUT2D eigenvalue weighted by Gasteiger charge is 2.14. The monoisotopic (exact) mass is 310 g/mol. The van der Waals surface area contributed by atoms with E-state index in [4.69, 9.17) is 4.74 Å². The molecule has 0 unspecified atom stereocenters. The Balaban J connectivity index is 2.36. The molecule has 0 saturated carbocycles. The summed E-state index contributed by atoms with van der Waals surface area (Å²) in [5.74, 6) is 1.89. The molecule has 0 aliphatic rings. The zero-order chi connectivity index (χ0) is 17.0. The minimum atomic E-state index is 0.293. The van der Waals surface area contributed by atoms with Gasteiger partial charge >= 0.3 is 0 Å². The van der Waals surface area contributed by atoms with Crippen molar-refractivity contribution in [3.8, 4) is 11.5 Å². The summed E-state index contributed by atoms with van der Waals surface area (Å²) in [4.78, 5) is 0. The van der Waals surface area contributed by atoms with Crippen LogP contribution in [0.15, 0.2) is 36.4 Å². The van der Waals surface area contributed by atoms with Crippen LogP contribution in [-0.4, -0.2) is 12.2 Å². The maximum Gasteiger partial charge on any atom is 0.122 e. The first kappa shape index (κ1) is 17.1. The lowest BCUT2D eigenvalue weighted by molar-refractivity contribution is 0.415. The van der Waals surface area contributed by atoms with Gasteiger partial charge in [0.25, 0.3) is 0 Å². The molecule has 0 atom stereocenters. The van der Waals surface area contributed by atoms with E-state index in [9.17, 15) is 5.11 Å². The van der Waals surface area contributed by atoms with E-state index >= 15 is 0 Å². The maximum atomic E-state index is 10.5. The van der Waals surface area contributed by atoms with Crippen LogP contribution in [-0.2, 0) is 0 Å².